The van der Waals surface area contributed by atoms with E-state index in [-0.39, 0.29) is 12.2 Å². The molecule has 3 nitrogen and oxygen atoms in total. The van der Waals surface area contributed by atoms with Gasteiger partial charge in [0.25, 0.3) is 0 Å². The quantitative estimate of drug-likeness (QED) is 0.0922. The highest BCUT2D eigenvalue weighted by molar-refractivity contribution is 6.20. The first-order valence-electron chi connectivity index (χ1n) is 20.3. The van der Waals surface area contributed by atoms with Crippen molar-refractivity contribution in [2.24, 2.45) is 5.73 Å². The lowest BCUT2D eigenvalue weighted by molar-refractivity contribution is 0.487. The second-order valence-electron chi connectivity index (χ2n) is 15.5. The smallest absolute Gasteiger partial charge is 0.135 e. The number of hydrogen-bond acceptors (Lipinski definition) is 3. The molecule has 0 aliphatic carbocycles. The van der Waals surface area contributed by atoms with Crippen LogP contribution in [0.1, 0.15) is 28.9 Å². The summed E-state index contributed by atoms with van der Waals surface area (Å²) in [5, 5.41) is 13.6. The molecule has 0 spiro atoms. The van der Waals surface area contributed by atoms with Gasteiger partial charge in [0.2, 0.25) is 0 Å². The fraction of sp³-hybridized carbons (Fsp3) is 0.0357. The first-order valence-corrected chi connectivity index (χ1v) is 20.3. The minimum Gasteiger partial charge on any atom is -0.456 e. The molecule has 10 aromatic carbocycles. The van der Waals surface area contributed by atoms with Crippen molar-refractivity contribution in [2.75, 3.05) is 0 Å². The monoisotopic (exact) mass is 756 g/mol. The maximum absolute atomic E-state index is 6.82. The largest absolute Gasteiger partial charge is 0.456 e. The Kier molecular flexibility index (Phi) is 8.62. The van der Waals surface area contributed by atoms with E-state index in [0.717, 1.165) is 44.9 Å². The number of nitrogens with two attached hydrogens (primary N) is 1. The SMILES string of the molecule is NC(NC(/C=C/c1ccc(-c2ccc3c(c2)-c2cccc4cccc(c24)O3)cc1)c1ccc(-c2c3ccccc3cc3c2ccc2ccccc23)cc1)c1ccccc1. The first kappa shape index (κ1) is 34.9. The highest BCUT2D eigenvalue weighted by Gasteiger charge is 2.21. The van der Waals surface area contributed by atoms with Crippen LogP contribution in [0.25, 0.3) is 82.5 Å². The average molecular weight is 757 g/mol. The van der Waals surface area contributed by atoms with Crippen LogP contribution in [0.2, 0.25) is 0 Å². The molecule has 10 aromatic rings. The summed E-state index contributed by atoms with van der Waals surface area (Å²) in [5.41, 5.74) is 17.2. The third-order valence-corrected chi connectivity index (χ3v) is 11.9. The Morgan fingerprint density at radius 1 is 0.441 bits per heavy atom. The minimum atomic E-state index is -0.353. The van der Waals surface area contributed by atoms with Gasteiger partial charge in [0.05, 0.1) is 12.2 Å². The first-order chi connectivity index (χ1) is 29.1. The zero-order valence-corrected chi connectivity index (χ0v) is 32.3. The van der Waals surface area contributed by atoms with E-state index in [1.54, 1.807) is 0 Å². The molecule has 0 aromatic heterocycles. The third-order valence-electron chi connectivity index (χ3n) is 11.9. The second-order valence-corrected chi connectivity index (χ2v) is 15.5. The molecular formula is C56H40N2O. The molecule has 1 aliphatic rings. The predicted octanol–water partition coefficient (Wildman–Crippen LogP) is 14.4. The van der Waals surface area contributed by atoms with Crippen molar-refractivity contribution in [1.29, 1.82) is 0 Å². The number of nitrogens with one attached hydrogen (secondary N) is 1. The summed E-state index contributed by atoms with van der Waals surface area (Å²) in [6.07, 6.45) is 4.06. The molecule has 1 heterocycles. The molecule has 59 heavy (non-hydrogen) atoms. The van der Waals surface area contributed by atoms with Gasteiger partial charge in [0.15, 0.2) is 0 Å². The van der Waals surface area contributed by atoms with Gasteiger partial charge in [0.1, 0.15) is 11.5 Å². The molecule has 0 saturated carbocycles. The van der Waals surface area contributed by atoms with Gasteiger partial charge in [0, 0.05) is 10.9 Å². The fourth-order valence-electron chi connectivity index (χ4n) is 8.94. The van der Waals surface area contributed by atoms with Crippen LogP contribution in [-0.4, -0.2) is 0 Å². The van der Waals surface area contributed by atoms with E-state index in [1.165, 1.54) is 59.8 Å². The molecule has 2 unspecified atom stereocenters. The van der Waals surface area contributed by atoms with Crippen molar-refractivity contribution >= 4 is 49.2 Å². The maximum Gasteiger partial charge on any atom is 0.135 e. The van der Waals surface area contributed by atoms with Crippen LogP contribution in [-0.2, 0) is 0 Å². The molecule has 2 atom stereocenters. The van der Waals surface area contributed by atoms with Gasteiger partial charge in [-0.15, -0.1) is 0 Å². The lowest BCUT2D eigenvalue weighted by atomic mass is 9.89. The van der Waals surface area contributed by atoms with Crippen molar-refractivity contribution in [3.05, 3.63) is 223 Å². The average Bonchev–Trinajstić information content (AvgIpc) is 3.30. The van der Waals surface area contributed by atoms with Crippen molar-refractivity contribution in [3.63, 3.8) is 0 Å². The van der Waals surface area contributed by atoms with Crippen LogP contribution in [0, 0.1) is 0 Å². The normalized spacial score (nSPS) is 13.2. The molecule has 3 N–H and O–H groups in total. The minimum absolute atomic E-state index is 0.140. The summed E-state index contributed by atoms with van der Waals surface area (Å²) in [4.78, 5) is 0. The molecule has 280 valence electrons. The molecule has 0 amide bonds. The lowest BCUT2D eigenvalue weighted by Crippen LogP contribution is -2.31. The summed E-state index contributed by atoms with van der Waals surface area (Å²) in [6.45, 7) is 0. The number of benzene rings is 10. The Hall–Kier alpha value is -7.30. The Morgan fingerprint density at radius 2 is 1.14 bits per heavy atom. The number of fused-ring (bicyclic) bond motifs is 6. The van der Waals surface area contributed by atoms with Crippen LogP contribution in [0.15, 0.2) is 206 Å². The molecular weight excluding hydrogens is 717 g/mol. The number of ether oxygens (including phenoxy) is 1. The van der Waals surface area contributed by atoms with Crippen molar-refractivity contribution in [2.45, 2.75) is 12.2 Å². The summed E-state index contributed by atoms with van der Waals surface area (Å²) in [7, 11) is 0. The third kappa shape index (κ3) is 6.34. The standard InChI is InChI=1S/C56H40N2O/c57-56(42-11-2-1-3-12-42)58-51(39-25-27-41(28-26-39)54-46-17-7-5-13-44(46)35-49-45-16-6-4-10-38(45)29-31-48(49)54)32-22-36-20-23-37(24-21-36)43-30-33-52-50(34-43)47-18-8-14-40-15-9-19-53(59-52)55(40)47/h1-35,51,56,58H,57H2/b32-22+. The summed E-state index contributed by atoms with van der Waals surface area (Å²) < 4.78 is 6.36. The van der Waals surface area contributed by atoms with E-state index >= 15 is 0 Å². The van der Waals surface area contributed by atoms with Crippen LogP contribution in [0.5, 0.6) is 11.5 Å². The summed E-state index contributed by atoms with van der Waals surface area (Å²) in [6, 6.07) is 71.3. The van der Waals surface area contributed by atoms with Gasteiger partial charge in [-0.25, -0.2) is 0 Å². The maximum atomic E-state index is 6.82. The van der Waals surface area contributed by atoms with Gasteiger partial charge in [-0.2, -0.15) is 0 Å². The van der Waals surface area contributed by atoms with Crippen LogP contribution in [0.3, 0.4) is 0 Å². The van der Waals surface area contributed by atoms with Gasteiger partial charge < -0.3 is 10.5 Å². The topological polar surface area (TPSA) is 47.3 Å². The van der Waals surface area contributed by atoms with E-state index in [2.05, 4.69) is 199 Å². The summed E-state index contributed by atoms with van der Waals surface area (Å²) >= 11 is 0. The van der Waals surface area contributed by atoms with E-state index in [4.69, 9.17) is 10.5 Å². The van der Waals surface area contributed by atoms with Crippen LogP contribution < -0.4 is 15.8 Å². The van der Waals surface area contributed by atoms with Gasteiger partial charge in [-0.05, 0) is 106 Å². The van der Waals surface area contributed by atoms with E-state index < -0.39 is 0 Å². The van der Waals surface area contributed by atoms with Gasteiger partial charge >= 0.3 is 0 Å². The summed E-state index contributed by atoms with van der Waals surface area (Å²) in [5.74, 6) is 1.80. The number of rotatable bonds is 8. The van der Waals surface area contributed by atoms with E-state index in [0.29, 0.717) is 0 Å². The Labute approximate surface area is 343 Å². The van der Waals surface area contributed by atoms with Crippen LogP contribution >= 0.6 is 0 Å². The van der Waals surface area contributed by atoms with Gasteiger partial charge in [-0.1, -0.05) is 188 Å². The molecule has 0 bridgehead atoms. The molecule has 11 rings (SSSR count). The lowest BCUT2D eigenvalue weighted by Gasteiger charge is -2.22. The zero-order chi connectivity index (χ0) is 39.3. The van der Waals surface area contributed by atoms with E-state index in [1.807, 2.05) is 18.2 Å². The second kappa shape index (κ2) is 14.6. The molecule has 0 fully saturated rings. The highest BCUT2D eigenvalue weighted by Crippen LogP contribution is 2.47. The highest BCUT2D eigenvalue weighted by atomic mass is 16.5. The molecule has 0 saturated heterocycles. The molecule has 0 radical (unpaired) electrons. The Balaban J connectivity index is 0.921. The van der Waals surface area contributed by atoms with Gasteiger partial charge in [-0.3, -0.25) is 5.32 Å². The molecule has 3 heteroatoms. The van der Waals surface area contributed by atoms with Crippen LogP contribution in [0.4, 0.5) is 0 Å². The Morgan fingerprint density at radius 3 is 1.97 bits per heavy atom. The fourth-order valence-corrected chi connectivity index (χ4v) is 8.94. The van der Waals surface area contributed by atoms with E-state index in [9.17, 15) is 0 Å². The zero-order valence-electron chi connectivity index (χ0n) is 32.3. The number of hydrogen-bond donors (Lipinski definition) is 2. The van der Waals surface area contributed by atoms with Crippen molar-refractivity contribution in [1.82, 2.24) is 5.32 Å². The Bertz CT molecular complexity index is 3220. The van der Waals surface area contributed by atoms with Crippen molar-refractivity contribution < 1.29 is 4.74 Å². The molecule has 1 aliphatic heterocycles. The predicted molar refractivity (Wildman–Crippen MR) is 248 cm³/mol. The van der Waals surface area contributed by atoms with Crippen molar-refractivity contribution in [3.8, 4) is 44.9 Å².